The summed E-state index contributed by atoms with van der Waals surface area (Å²) in [6.07, 6.45) is 0.257. The molecular weight excluding hydrogens is 212 g/mol. The number of hydrogen-bond donors (Lipinski definition) is 1. The highest BCUT2D eigenvalue weighted by atomic mass is 19.4. The lowest BCUT2D eigenvalue weighted by Gasteiger charge is -2.18. The fourth-order valence-electron chi connectivity index (χ4n) is 1.12. The minimum atomic E-state index is -5.37. The molecule has 0 atom stereocenters. The largest absolute Gasteiger partial charge is 0.513 e. The van der Waals surface area contributed by atoms with Crippen LogP contribution >= 0.6 is 0 Å². The lowest BCUT2D eigenvalue weighted by molar-refractivity contribution is 0.112. The van der Waals surface area contributed by atoms with Crippen LogP contribution in [0.1, 0.15) is 10.4 Å². The molecule has 0 heterocycles. The normalized spacial score (nSPS) is 11.2. The first-order valence-electron chi connectivity index (χ1n) is 3.96. The molecule has 0 bridgehead atoms. The van der Waals surface area contributed by atoms with Gasteiger partial charge in [-0.2, -0.15) is 0 Å². The predicted octanol–water partition coefficient (Wildman–Crippen LogP) is 1.27. The number of carbonyl (C=O) groups excluding carboxylic acids is 1. The zero-order valence-corrected chi connectivity index (χ0v) is 7.71. The van der Waals surface area contributed by atoms with Gasteiger partial charge in [0.05, 0.1) is 7.11 Å². The van der Waals surface area contributed by atoms with Crippen molar-refractivity contribution >= 4 is 18.7 Å². The first-order chi connectivity index (χ1) is 6.90. The molecule has 0 unspecified atom stereocenters. The zero-order chi connectivity index (χ0) is 11.6. The second-order valence-corrected chi connectivity index (χ2v) is 2.85. The van der Waals surface area contributed by atoms with E-state index < -0.39 is 18.2 Å². The molecule has 15 heavy (non-hydrogen) atoms. The third-order valence-electron chi connectivity index (χ3n) is 1.84. The first kappa shape index (κ1) is 11.4. The van der Waals surface area contributed by atoms with Crippen molar-refractivity contribution in [2.45, 2.75) is 0 Å². The van der Waals surface area contributed by atoms with E-state index in [-0.39, 0.29) is 17.6 Å². The number of ether oxygens (including phenoxy) is 1. The van der Waals surface area contributed by atoms with Crippen LogP contribution in [0.4, 0.5) is 12.9 Å². The molecule has 0 aliphatic heterocycles. The summed E-state index contributed by atoms with van der Waals surface area (Å²) in [5.74, 6) is -1.36. The van der Waals surface area contributed by atoms with Gasteiger partial charge in [0.1, 0.15) is 12.0 Å². The van der Waals surface area contributed by atoms with E-state index in [0.717, 1.165) is 13.2 Å². The van der Waals surface area contributed by atoms with Gasteiger partial charge < -0.3 is 22.8 Å². The topological polar surface area (TPSA) is 46.5 Å². The number of methoxy groups -OCH3 is 1. The van der Waals surface area contributed by atoms with Gasteiger partial charge in [-0.1, -0.05) is 11.5 Å². The molecule has 1 N–H and O–H groups in total. The molecule has 1 aromatic rings. The second kappa shape index (κ2) is 3.84. The molecule has 0 aliphatic carbocycles. The maximum absolute atomic E-state index is 12.4. The first-order valence-corrected chi connectivity index (χ1v) is 3.96. The minimum absolute atomic E-state index is 0.196. The number of carbonyl (C=O) groups is 1. The predicted molar refractivity (Wildman–Crippen MR) is 48.8 cm³/mol. The number of aromatic hydroxyl groups is 1. The van der Waals surface area contributed by atoms with Gasteiger partial charge >= 0.3 is 6.98 Å². The summed E-state index contributed by atoms with van der Waals surface area (Å²) < 4.78 is 41.8. The van der Waals surface area contributed by atoms with E-state index in [1.54, 1.807) is 0 Å². The third kappa shape index (κ3) is 2.23. The van der Waals surface area contributed by atoms with E-state index in [0.29, 0.717) is 6.07 Å². The smallest absolute Gasteiger partial charge is 0.507 e. The number of benzene rings is 1. The molecule has 0 spiro atoms. The summed E-state index contributed by atoms with van der Waals surface area (Å²) in [5.41, 5.74) is -1.42. The third-order valence-corrected chi connectivity index (χ3v) is 1.84. The molecule has 7 heteroatoms. The van der Waals surface area contributed by atoms with Gasteiger partial charge in [0.15, 0.2) is 5.75 Å². The lowest BCUT2D eigenvalue weighted by atomic mass is 9.78. The van der Waals surface area contributed by atoms with Crippen LogP contribution in [0, 0.1) is 0 Å². The summed E-state index contributed by atoms with van der Waals surface area (Å²) in [4.78, 5) is 10.4. The Labute approximate surface area is 83.5 Å². The lowest BCUT2D eigenvalue weighted by Crippen LogP contribution is -2.34. The van der Waals surface area contributed by atoms with Crippen molar-refractivity contribution in [3.05, 3.63) is 17.7 Å². The Balaban J connectivity index is 3.44. The molecular formula is C8H7BF3O3-. The quantitative estimate of drug-likeness (QED) is 0.614. The van der Waals surface area contributed by atoms with Gasteiger partial charge in [-0.05, 0) is 6.07 Å². The Morgan fingerprint density at radius 2 is 2.00 bits per heavy atom. The molecule has 0 amide bonds. The number of phenols is 1. The Hall–Kier alpha value is -1.66. The molecule has 1 rings (SSSR count). The van der Waals surface area contributed by atoms with Gasteiger partial charge in [-0.3, -0.25) is 4.79 Å². The van der Waals surface area contributed by atoms with E-state index in [2.05, 4.69) is 4.74 Å². The van der Waals surface area contributed by atoms with Crippen LogP contribution < -0.4 is 10.2 Å². The van der Waals surface area contributed by atoms with E-state index >= 15 is 0 Å². The Kier molecular flexibility index (Phi) is 2.92. The van der Waals surface area contributed by atoms with Crippen LogP contribution in [0.15, 0.2) is 12.1 Å². The second-order valence-electron chi connectivity index (χ2n) is 2.85. The summed E-state index contributed by atoms with van der Waals surface area (Å²) in [6, 6.07) is 1.62. The molecule has 0 aliphatic rings. The molecule has 0 aromatic heterocycles. The van der Waals surface area contributed by atoms with Crippen molar-refractivity contribution in [1.29, 1.82) is 0 Å². The molecule has 1 aromatic carbocycles. The van der Waals surface area contributed by atoms with Crippen molar-refractivity contribution in [1.82, 2.24) is 0 Å². The molecule has 82 valence electrons. The average molecular weight is 219 g/mol. The van der Waals surface area contributed by atoms with Crippen LogP contribution in [0.25, 0.3) is 0 Å². The number of halogens is 3. The van der Waals surface area contributed by atoms with Crippen LogP contribution in [-0.4, -0.2) is 25.5 Å². The number of rotatable bonds is 3. The van der Waals surface area contributed by atoms with Crippen molar-refractivity contribution in [2.75, 3.05) is 7.11 Å². The van der Waals surface area contributed by atoms with Gasteiger partial charge in [-0.25, -0.2) is 0 Å². The SMILES string of the molecule is COc1cc(C=O)cc([B-](F)(F)F)c1O. The summed E-state index contributed by atoms with van der Waals surface area (Å²) in [6.45, 7) is -5.37. The highest BCUT2D eigenvalue weighted by molar-refractivity contribution is 6.74. The Bertz CT molecular complexity index is 389. The number of hydrogen-bond acceptors (Lipinski definition) is 3. The minimum Gasteiger partial charge on any atom is -0.507 e. The van der Waals surface area contributed by atoms with Crippen molar-refractivity contribution in [2.24, 2.45) is 0 Å². The molecule has 3 nitrogen and oxygen atoms in total. The van der Waals surface area contributed by atoms with Gasteiger partial charge in [0, 0.05) is 5.56 Å². The fourth-order valence-corrected chi connectivity index (χ4v) is 1.12. The van der Waals surface area contributed by atoms with Crippen LogP contribution in [0.5, 0.6) is 11.5 Å². The summed E-state index contributed by atoms with van der Waals surface area (Å²) in [5, 5.41) is 9.20. The van der Waals surface area contributed by atoms with E-state index in [1.165, 1.54) is 0 Å². The van der Waals surface area contributed by atoms with Gasteiger partial charge in [0.2, 0.25) is 0 Å². The molecule has 0 saturated heterocycles. The van der Waals surface area contributed by atoms with Gasteiger partial charge in [0.25, 0.3) is 0 Å². The monoisotopic (exact) mass is 219 g/mol. The number of phenolic OH excluding ortho intramolecular Hbond substituents is 1. The van der Waals surface area contributed by atoms with Crippen molar-refractivity contribution in [3.8, 4) is 11.5 Å². The van der Waals surface area contributed by atoms with E-state index in [4.69, 9.17) is 0 Å². The average Bonchev–Trinajstić information content (AvgIpc) is 2.16. The summed E-state index contributed by atoms with van der Waals surface area (Å²) >= 11 is 0. The van der Waals surface area contributed by atoms with Crippen LogP contribution in [-0.2, 0) is 0 Å². The molecule has 0 saturated carbocycles. The highest BCUT2D eigenvalue weighted by Crippen LogP contribution is 2.28. The van der Waals surface area contributed by atoms with Crippen molar-refractivity contribution < 1.29 is 27.6 Å². The maximum Gasteiger partial charge on any atom is 0.513 e. The van der Waals surface area contributed by atoms with Gasteiger partial charge in [-0.15, -0.1) is 0 Å². The Morgan fingerprint density at radius 1 is 1.40 bits per heavy atom. The maximum atomic E-state index is 12.4. The zero-order valence-electron chi connectivity index (χ0n) is 7.71. The van der Waals surface area contributed by atoms with Crippen LogP contribution in [0.2, 0.25) is 0 Å². The molecule has 0 radical (unpaired) electrons. The number of aldehydes is 1. The van der Waals surface area contributed by atoms with E-state index in [1.807, 2.05) is 0 Å². The molecule has 0 fully saturated rings. The van der Waals surface area contributed by atoms with E-state index in [9.17, 15) is 22.8 Å². The standard InChI is InChI=1S/C8H7BF3O3/c1-15-7-3-5(4-13)2-6(8(7)14)9(10,11)12/h2-4,14H,1H3/q-1. The fraction of sp³-hybridized carbons (Fsp3) is 0.125. The highest BCUT2D eigenvalue weighted by Gasteiger charge is 2.30. The van der Waals surface area contributed by atoms with Crippen LogP contribution in [0.3, 0.4) is 0 Å². The van der Waals surface area contributed by atoms with Crippen molar-refractivity contribution in [3.63, 3.8) is 0 Å². The Morgan fingerprint density at radius 3 is 2.40 bits per heavy atom. The summed E-state index contributed by atoms with van der Waals surface area (Å²) in [7, 11) is 1.11.